The van der Waals surface area contributed by atoms with Crippen molar-refractivity contribution in [2.45, 2.75) is 19.0 Å². The molecule has 0 fully saturated rings. The van der Waals surface area contributed by atoms with Gasteiger partial charge in [-0.05, 0) is 12.8 Å². The van der Waals surface area contributed by atoms with Gasteiger partial charge in [-0.1, -0.05) is 6.92 Å². The molecule has 0 saturated carbocycles. The normalized spacial score (nSPS) is 10.9. The van der Waals surface area contributed by atoms with Gasteiger partial charge in [0, 0.05) is 0 Å². The van der Waals surface area contributed by atoms with Crippen LogP contribution in [0.1, 0.15) is 12.8 Å². The van der Waals surface area contributed by atoms with Crippen LogP contribution in [0.4, 0.5) is 0 Å². The van der Waals surface area contributed by atoms with E-state index in [9.17, 15) is 9.59 Å². The van der Waals surface area contributed by atoms with E-state index in [1.807, 2.05) is 0 Å². The Morgan fingerprint density at radius 2 is 1.80 bits per heavy atom. The summed E-state index contributed by atoms with van der Waals surface area (Å²) in [6.07, 6.45) is 3.04. The van der Waals surface area contributed by atoms with Gasteiger partial charge in [0.15, 0.2) is 6.17 Å². The van der Waals surface area contributed by atoms with E-state index in [-0.39, 0.29) is 0 Å². The lowest BCUT2D eigenvalue weighted by atomic mass is 10.3. The Kier molecular flexibility index (Phi) is 5.16. The van der Waals surface area contributed by atoms with Crippen LogP contribution in [0.15, 0.2) is 9.98 Å². The fourth-order valence-electron chi connectivity index (χ4n) is 0.462. The topological polar surface area (TPSA) is 58.9 Å². The highest BCUT2D eigenvalue weighted by atomic mass is 16.1. The minimum Gasteiger partial charge on any atom is -0.211 e. The van der Waals surface area contributed by atoms with Crippen molar-refractivity contribution in [2.24, 2.45) is 9.98 Å². The summed E-state index contributed by atoms with van der Waals surface area (Å²) in [5.41, 5.74) is 0. The van der Waals surface area contributed by atoms with Gasteiger partial charge in [0.25, 0.3) is 0 Å². The SMILES string of the molecule is [CH2]CCC(N=C=O)N=C=O. The highest BCUT2D eigenvalue weighted by Crippen LogP contribution is 2.00. The van der Waals surface area contributed by atoms with Crippen LogP contribution in [0, 0.1) is 6.92 Å². The van der Waals surface area contributed by atoms with Gasteiger partial charge in [0.2, 0.25) is 12.2 Å². The first-order valence-corrected chi connectivity index (χ1v) is 2.78. The summed E-state index contributed by atoms with van der Waals surface area (Å²) in [5, 5.41) is 0. The van der Waals surface area contributed by atoms with Gasteiger partial charge >= 0.3 is 0 Å². The predicted molar refractivity (Wildman–Crippen MR) is 34.6 cm³/mol. The molecule has 0 bridgehead atoms. The summed E-state index contributed by atoms with van der Waals surface area (Å²) < 4.78 is 0. The van der Waals surface area contributed by atoms with Crippen molar-refractivity contribution in [3.05, 3.63) is 6.92 Å². The average molecular weight is 139 g/mol. The molecule has 0 atom stereocenters. The molecule has 0 aromatic rings. The molecule has 0 aliphatic heterocycles. The minimum absolute atomic E-state index is 0.477. The van der Waals surface area contributed by atoms with Crippen molar-refractivity contribution in [3.8, 4) is 0 Å². The molecule has 0 saturated heterocycles. The zero-order valence-electron chi connectivity index (χ0n) is 5.41. The predicted octanol–water partition coefficient (Wildman–Crippen LogP) is 0.598. The quantitative estimate of drug-likeness (QED) is 0.423. The van der Waals surface area contributed by atoms with Gasteiger partial charge in [-0.15, -0.1) is 0 Å². The minimum atomic E-state index is -0.632. The summed E-state index contributed by atoms with van der Waals surface area (Å²) >= 11 is 0. The van der Waals surface area contributed by atoms with Crippen LogP contribution >= 0.6 is 0 Å². The van der Waals surface area contributed by atoms with E-state index in [1.165, 1.54) is 12.2 Å². The molecule has 0 spiro atoms. The van der Waals surface area contributed by atoms with E-state index in [1.54, 1.807) is 0 Å². The number of aliphatic imine (C=N–C) groups is 2. The van der Waals surface area contributed by atoms with Crippen LogP contribution in [-0.2, 0) is 9.59 Å². The van der Waals surface area contributed by atoms with Gasteiger partial charge < -0.3 is 0 Å². The summed E-state index contributed by atoms with van der Waals surface area (Å²) in [6.45, 7) is 3.51. The molecule has 0 aromatic carbocycles. The lowest BCUT2D eigenvalue weighted by Gasteiger charge is -1.96. The summed E-state index contributed by atoms with van der Waals surface area (Å²) in [4.78, 5) is 25.8. The molecule has 1 radical (unpaired) electrons. The number of rotatable bonds is 4. The number of nitrogens with zero attached hydrogens (tertiary/aromatic N) is 2. The lowest BCUT2D eigenvalue weighted by Crippen LogP contribution is -1.97. The molecule has 0 unspecified atom stereocenters. The van der Waals surface area contributed by atoms with E-state index in [2.05, 4.69) is 16.9 Å². The van der Waals surface area contributed by atoms with Crippen LogP contribution < -0.4 is 0 Å². The molecule has 0 aliphatic rings. The molecular formula is C6H7N2O2. The van der Waals surface area contributed by atoms with Crippen LogP contribution in [0.3, 0.4) is 0 Å². The largest absolute Gasteiger partial charge is 0.237 e. The van der Waals surface area contributed by atoms with Gasteiger partial charge in [-0.25, -0.2) is 9.59 Å². The molecule has 0 amide bonds. The Hall–Kier alpha value is -1.24. The van der Waals surface area contributed by atoms with E-state index in [0.717, 1.165) is 0 Å². The number of isocyanates is 2. The lowest BCUT2D eigenvalue weighted by molar-refractivity contribution is 0.543. The number of hydrogen-bond acceptors (Lipinski definition) is 4. The second-order valence-electron chi connectivity index (χ2n) is 1.56. The van der Waals surface area contributed by atoms with Crippen molar-refractivity contribution in [1.29, 1.82) is 0 Å². The molecule has 0 heterocycles. The highest BCUT2D eigenvalue weighted by molar-refractivity contribution is 5.36. The monoisotopic (exact) mass is 139 g/mol. The van der Waals surface area contributed by atoms with E-state index < -0.39 is 6.17 Å². The molecule has 10 heavy (non-hydrogen) atoms. The number of hydrogen-bond donors (Lipinski definition) is 0. The molecule has 4 heteroatoms. The molecule has 0 aromatic heterocycles. The Labute approximate surface area is 58.7 Å². The third-order valence-corrected chi connectivity index (χ3v) is 0.866. The average Bonchev–Trinajstić information content (AvgIpc) is 1.90. The van der Waals surface area contributed by atoms with Crippen LogP contribution in [-0.4, -0.2) is 18.3 Å². The molecule has 0 rings (SSSR count). The summed E-state index contributed by atoms with van der Waals surface area (Å²) in [7, 11) is 0. The van der Waals surface area contributed by atoms with Gasteiger partial charge in [0.05, 0.1) is 0 Å². The first-order valence-electron chi connectivity index (χ1n) is 2.78. The molecule has 53 valence electrons. The summed E-state index contributed by atoms with van der Waals surface area (Å²) in [5.74, 6) is 0. The van der Waals surface area contributed by atoms with Crippen molar-refractivity contribution in [2.75, 3.05) is 0 Å². The van der Waals surface area contributed by atoms with Crippen molar-refractivity contribution in [3.63, 3.8) is 0 Å². The zero-order valence-corrected chi connectivity index (χ0v) is 5.41. The molecule has 4 nitrogen and oxygen atoms in total. The molecule has 0 N–H and O–H groups in total. The van der Waals surface area contributed by atoms with E-state index in [4.69, 9.17) is 0 Å². The van der Waals surface area contributed by atoms with Crippen LogP contribution in [0.5, 0.6) is 0 Å². The maximum atomic E-state index is 9.66. The van der Waals surface area contributed by atoms with E-state index >= 15 is 0 Å². The Morgan fingerprint density at radius 1 is 1.30 bits per heavy atom. The maximum Gasteiger partial charge on any atom is 0.237 e. The highest BCUT2D eigenvalue weighted by Gasteiger charge is 1.99. The molecule has 0 aliphatic carbocycles. The van der Waals surface area contributed by atoms with Crippen LogP contribution in [0.25, 0.3) is 0 Å². The van der Waals surface area contributed by atoms with Crippen LogP contribution in [0.2, 0.25) is 0 Å². The van der Waals surface area contributed by atoms with Gasteiger partial charge in [-0.2, -0.15) is 9.98 Å². The Balaban J connectivity index is 3.96. The smallest absolute Gasteiger partial charge is 0.211 e. The Morgan fingerprint density at radius 3 is 2.10 bits per heavy atom. The van der Waals surface area contributed by atoms with Crippen molar-refractivity contribution >= 4 is 12.2 Å². The maximum absolute atomic E-state index is 9.66. The zero-order chi connectivity index (χ0) is 7.82. The fourth-order valence-corrected chi connectivity index (χ4v) is 0.462. The standard InChI is InChI=1S/C6H7N2O2/c1-2-3-6(7-4-9)8-5-10/h6H,1-3H2. The fraction of sp³-hybridized carbons (Fsp3) is 0.500. The van der Waals surface area contributed by atoms with Crippen molar-refractivity contribution < 1.29 is 9.59 Å². The van der Waals surface area contributed by atoms with Gasteiger partial charge in [-0.3, -0.25) is 0 Å². The summed E-state index contributed by atoms with van der Waals surface area (Å²) in [6, 6.07) is 0. The first kappa shape index (κ1) is 8.76. The first-order chi connectivity index (χ1) is 4.85. The second kappa shape index (κ2) is 5.89. The third kappa shape index (κ3) is 3.72. The van der Waals surface area contributed by atoms with Gasteiger partial charge in [0.1, 0.15) is 0 Å². The number of carbonyl (C=O) groups excluding carboxylic acids is 2. The molecular weight excluding hydrogens is 132 g/mol. The third-order valence-electron chi connectivity index (χ3n) is 0.866. The Bertz CT molecular complexity index is 160. The second-order valence-corrected chi connectivity index (χ2v) is 1.56. The van der Waals surface area contributed by atoms with Crippen molar-refractivity contribution in [1.82, 2.24) is 0 Å². The van der Waals surface area contributed by atoms with E-state index in [0.29, 0.717) is 12.8 Å².